The predicted octanol–water partition coefficient (Wildman–Crippen LogP) is 1.23. The average Bonchev–Trinajstić information content (AvgIpc) is 3.17. The molecule has 2 aliphatic rings. The van der Waals surface area contributed by atoms with Crippen LogP contribution in [0.15, 0.2) is 4.52 Å². The molecule has 1 amide bonds. The fourth-order valence-corrected chi connectivity index (χ4v) is 3.47. The van der Waals surface area contributed by atoms with E-state index in [1.165, 1.54) is 7.11 Å². The van der Waals surface area contributed by atoms with E-state index in [2.05, 4.69) is 5.16 Å². The molecule has 1 aromatic heterocycles. The highest BCUT2D eigenvalue weighted by atomic mass is 35.5. The quantitative estimate of drug-likeness (QED) is 0.767. The summed E-state index contributed by atoms with van der Waals surface area (Å²) in [5.74, 6) is 0.0627. The van der Waals surface area contributed by atoms with Crippen LogP contribution in [0.3, 0.4) is 0 Å². The molecule has 0 bridgehead atoms. The standard InChI is InChI=1S/C15H20N2O5.ClH/c1-4-11-12(9(2)22-16-11)13(18)17-5-10-6-21-8-15(10,7-17)14(19)20-3;/h10H,4-8H2,1-3H3;1H/t10-,15-;/m0./s1. The van der Waals surface area contributed by atoms with Crippen LogP contribution >= 0.6 is 12.4 Å². The van der Waals surface area contributed by atoms with E-state index in [4.69, 9.17) is 14.0 Å². The van der Waals surface area contributed by atoms with E-state index in [9.17, 15) is 9.59 Å². The van der Waals surface area contributed by atoms with E-state index in [0.29, 0.717) is 49.7 Å². The molecule has 2 fully saturated rings. The number of halogens is 1. The number of carbonyl (C=O) groups is 2. The van der Waals surface area contributed by atoms with Crippen LogP contribution in [-0.4, -0.2) is 55.3 Å². The summed E-state index contributed by atoms with van der Waals surface area (Å²) in [6.07, 6.45) is 0.626. The van der Waals surface area contributed by atoms with E-state index in [1.54, 1.807) is 11.8 Å². The van der Waals surface area contributed by atoms with Gasteiger partial charge in [0.05, 0.1) is 26.0 Å². The van der Waals surface area contributed by atoms with Crippen molar-refractivity contribution in [2.24, 2.45) is 11.3 Å². The van der Waals surface area contributed by atoms with Gasteiger partial charge < -0.3 is 18.9 Å². The fraction of sp³-hybridized carbons (Fsp3) is 0.667. The first-order valence-corrected chi connectivity index (χ1v) is 7.44. The van der Waals surface area contributed by atoms with Crippen molar-refractivity contribution in [2.45, 2.75) is 20.3 Å². The molecular weight excluding hydrogens is 324 g/mol. The number of methoxy groups -OCH3 is 1. The Labute approximate surface area is 140 Å². The Kier molecular flexibility index (Phi) is 5.01. The molecule has 8 heteroatoms. The van der Waals surface area contributed by atoms with Crippen molar-refractivity contribution in [1.82, 2.24) is 10.1 Å². The Morgan fingerprint density at radius 2 is 2.22 bits per heavy atom. The van der Waals surface area contributed by atoms with Crippen molar-refractivity contribution in [3.63, 3.8) is 0 Å². The summed E-state index contributed by atoms with van der Waals surface area (Å²) >= 11 is 0. The lowest BCUT2D eigenvalue weighted by Crippen LogP contribution is -2.41. The number of hydrogen-bond donors (Lipinski definition) is 0. The molecule has 2 atom stereocenters. The van der Waals surface area contributed by atoms with Gasteiger partial charge in [-0.1, -0.05) is 12.1 Å². The predicted molar refractivity (Wildman–Crippen MR) is 82.5 cm³/mol. The van der Waals surface area contributed by atoms with Crippen molar-refractivity contribution in [1.29, 1.82) is 0 Å². The van der Waals surface area contributed by atoms with Gasteiger partial charge in [-0.15, -0.1) is 12.4 Å². The molecule has 2 aliphatic heterocycles. The van der Waals surface area contributed by atoms with Crippen LogP contribution in [0.4, 0.5) is 0 Å². The zero-order valence-corrected chi connectivity index (χ0v) is 14.3. The topological polar surface area (TPSA) is 81.9 Å². The van der Waals surface area contributed by atoms with Gasteiger partial charge in [0.1, 0.15) is 16.7 Å². The summed E-state index contributed by atoms with van der Waals surface area (Å²) < 4.78 is 15.5. The van der Waals surface area contributed by atoms with Crippen molar-refractivity contribution in [3.8, 4) is 0 Å². The number of nitrogens with zero attached hydrogens (tertiary/aromatic N) is 2. The minimum Gasteiger partial charge on any atom is -0.468 e. The lowest BCUT2D eigenvalue weighted by atomic mass is 9.81. The second kappa shape index (κ2) is 6.49. The van der Waals surface area contributed by atoms with Crippen LogP contribution in [0.5, 0.6) is 0 Å². The normalized spacial score (nSPS) is 25.9. The molecule has 0 aromatic carbocycles. The van der Waals surface area contributed by atoms with Gasteiger partial charge in [0.15, 0.2) is 0 Å². The number of aromatic nitrogens is 1. The van der Waals surface area contributed by atoms with Crippen LogP contribution < -0.4 is 0 Å². The van der Waals surface area contributed by atoms with Crippen LogP contribution in [0.1, 0.15) is 28.7 Å². The lowest BCUT2D eigenvalue weighted by Gasteiger charge is -2.23. The van der Waals surface area contributed by atoms with Gasteiger partial charge in [-0.25, -0.2) is 0 Å². The van der Waals surface area contributed by atoms with Gasteiger partial charge in [-0.05, 0) is 13.3 Å². The third kappa shape index (κ3) is 2.61. The molecule has 2 saturated heterocycles. The molecule has 0 unspecified atom stereocenters. The molecule has 1 aromatic rings. The van der Waals surface area contributed by atoms with Gasteiger partial charge in [-0.3, -0.25) is 9.59 Å². The molecule has 0 N–H and O–H groups in total. The van der Waals surface area contributed by atoms with Crippen LogP contribution in [0, 0.1) is 18.3 Å². The van der Waals surface area contributed by atoms with E-state index >= 15 is 0 Å². The molecule has 3 heterocycles. The molecule has 0 radical (unpaired) electrons. The Balaban J connectivity index is 0.00000192. The minimum absolute atomic E-state index is 0. The second-order valence-electron chi connectivity index (χ2n) is 5.96. The third-order valence-electron chi connectivity index (χ3n) is 4.74. The number of rotatable bonds is 3. The van der Waals surface area contributed by atoms with Gasteiger partial charge >= 0.3 is 5.97 Å². The van der Waals surface area contributed by atoms with Crippen molar-refractivity contribution in [2.75, 3.05) is 33.4 Å². The molecule has 0 spiro atoms. The van der Waals surface area contributed by atoms with Gasteiger partial charge in [0.2, 0.25) is 0 Å². The maximum absolute atomic E-state index is 12.8. The van der Waals surface area contributed by atoms with Gasteiger partial charge in [-0.2, -0.15) is 0 Å². The summed E-state index contributed by atoms with van der Waals surface area (Å²) in [5, 5.41) is 3.93. The number of hydrogen-bond acceptors (Lipinski definition) is 6. The SMILES string of the molecule is CCc1noc(C)c1C(=O)N1C[C@H]2COC[C@@]2(C(=O)OC)C1.Cl. The van der Waals surface area contributed by atoms with Crippen LogP contribution in [0.25, 0.3) is 0 Å². The zero-order chi connectivity index (χ0) is 15.9. The maximum atomic E-state index is 12.8. The summed E-state index contributed by atoms with van der Waals surface area (Å²) in [5.41, 5.74) is 0.438. The van der Waals surface area contributed by atoms with Gasteiger partial charge in [0, 0.05) is 19.0 Å². The monoisotopic (exact) mass is 344 g/mol. The number of carbonyl (C=O) groups excluding carboxylic acids is 2. The van der Waals surface area contributed by atoms with Crippen molar-refractivity contribution >= 4 is 24.3 Å². The van der Waals surface area contributed by atoms with Crippen LogP contribution in [0.2, 0.25) is 0 Å². The molecule has 0 saturated carbocycles. The average molecular weight is 345 g/mol. The zero-order valence-electron chi connectivity index (χ0n) is 13.5. The van der Waals surface area contributed by atoms with Gasteiger partial charge in [0.25, 0.3) is 5.91 Å². The highest BCUT2D eigenvalue weighted by Gasteiger charge is 2.58. The first-order chi connectivity index (χ1) is 10.5. The molecule has 3 rings (SSSR count). The summed E-state index contributed by atoms with van der Waals surface area (Å²) in [4.78, 5) is 26.7. The van der Waals surface area contributed by atoms with Crippen molar-refractivity contribution < 1.29 is 23.6 Å². The molecule has 128 valence electrons. The number of esters is 1. The number of amides is 1. The fourth-order valence-electron chi connectivity index (χ4n) is 3.47. The van der Waals surface area contributed by atoms with E-state index < -0.39 is 5.41 Å². The second-order valence-corrected chi connectivity index (χ2v) is 5.96. The van der Waals surface area contributed by atoms with Crippen molar-refractivity contribution in [3.05, 3.63) is 17.0 Å². The Bertz CT molecular complexity index is 617. The summed E-state index contributed by atoms with van der Waals surface area (Å²) in [6, 6.07) is 0. The van der Waals surface area contributed by atoms with E-state index in [0.717, 1.165) is 0 Å². The molecular formula is C15H21ClN2O5. The molecule has 7 nitrogen and oxygen atoms in total. The Hall–Kier alpha value is -1.60. The lowest BCUT2D eigenvalue weighted by molar-refractivity contribution is -0.153. The number of fused-ring (bicyclic) bond motifs is 1. The highest BCUT2D eigenvalue weighted by molar-refractivity contribution is 5.97. The number of aryl methyl sites for hydroxylation is 2. The third-order valence-corrected chi connectivity index (χ3v) is 4.74. The number of ether oxygens (including phenoxy) is 2. The molecule has 0 aliphatic carbocycles. The number of likely N-dealkylation sites (tertiary alicyclic amines) is 1. The first kappa shape index (κ1) is 17.7. The minimum atomic E-state index is -0.734. The Morgan fingerprint density at radius 3 is 2.87 bits per heavy atom. The summed E-state index contributed by atoms with van der Waals surface area (Å²) in [6.45, 7) is 5.24. The maximum Gasteiger partial charge on any atom is 0.316 e. The van der Waals surface area contributed by atoms with E-state index in [-0.39, 0.29) is 30.2 Å². The Morgan fingerprint density at radius 1 is 1.48 bits per heavy atom. The largest absolute Gasteiger partial charge is 0.468 e. The highest BCUT2D eigenvalue weighted by Crippen LogP contribution is 2.42. The van der Waals surface area contributed by atoms with Crippen LogP contribution in [-0.2, 0) is 20.7 Å². The summed E-state index contributed by atoms with van der Waals surface area (Å²) in [7, 11) is 1.37. The first-order valence-electron chi connectivity index (χ1n) is 7.44. The molecule has 23 heavy (non-hydrogen) atoms. The van der Waals surface area contributed by atoms with E-state index in [1.807, 2.05) is 6.92 Å². The smallest absolute Gasteiger partial charge is 0.316 e.